The minimum Gasteiger partial charge on any atom is -0.494 e. The van der Waals surface area contributed by atoms with Gasteiger partial charge < -0.3 is 4.74 Å². The Morgan fingerprint density at radius 1 is 1.09 bits per heavy atom. The topological polar surface area (TPSA) is 94.3 Å². The highest BCUT2D eigenvalue weighted by atomic mass is 35.5. The third-order valence-electron chi connectivity index (χ3n) is 4.74. The average Bonchev–Trinajstić information content (AvgIpc) is 3.32. The Bertz CT molecular complexity index is 1280. The number of nitrogens with zero attached hydrogens (tertiary/aromatic N) is 5. The summed E-state index contributed by atoms with van der Waals surface area (Å²) in [5, 5.41) is 13.9. The highest BCUT2D eigenvalue weighted by Crippen LogP contribution is 2.28. The number of amides is 1. The maximum atomic E-state index is 12.4. The molecule has 2 heterocycles. The molecule has 0 fully saturated rings. The van der Waals surface area contributed by atoms with Crippen molar-refractivity contribution in [2.75, 3.05) is 12.4 Å². The molecule has 4 rings (SSSR count). The first-order valence-electron chi connectivity index (χ1n) is 10.9. The van der Waals surface area contributed by atoms with E-state index in [1.165, 1.54) is 11.8 Å². The predicted molar refractivity (Wildman–Crippen MR) is 138 cm³/mol. The summed E-state index contributed by atoms with van der Waals surface area (Å²) < 4.78 is 7.45. The molecule has 2 aromatic heterocycles. The van der Waals surface area contributed by atoms with Crippen LogP contribution in [0.25, 0.3) is 17.1 Å². The van der Waals surface area contributed by atoms with Crippen molar-refractivity contribution >= 4 is 35.5 Å². The number of carbonyl (C=O) groups is 1. The summed E-state index contributed by atoms with van der Waals surface area (Å²) in [6, 6.07) is 18.6. The van der Waals surface area contributed by atoms with Gasteiger partial charge in [-0.2, -0.15) is 5.10 Å². The zero-order chi connectivity index (χ0) is 24.5. The number of hydrogen-bond donors (Lipinski definition) is 1. The Hall–Kier alpha value is -3.69. The Kier molecular flexibility index (Phi) is 8.48. The molecule has 0 radical (unpaired) electrons. The van der Waals surface area contributed by atoms with Crippen LogP contribution in [0.1, 0.15) is 18.9 Å². The van der Waals surface area contributed by atoms with Gasteiger partial charge in [0.15, 0.2) is 11.0 Å². The highest BCUT2D eigenvalue weighted by molar-refractivity contribution is 7.99. The maximum Gasteiger partial charge on any atom is 0.250 e. The molecule has 0 aliphatic rings. The quantitative estimate of drug-likeness (QED) is 0.184. The van der Waals surface area contributed by atoms with Crippen LogP contribution in [0.5, 0.6) is 5.75 Å². The first-order valence-corrected chi connectivity index (χ1v) is 12.3. The Morgan fingerprint density at radius 2 is 1.83 bits per heavy atom. The van der Waals surface area contributed by atoms with Crippen LogP contribution < -0.4 is 10.2 Å². The van der Waals surface area contributed by atoms with Crippen molar-refractivity contribution in [1.82, 2.24) is 25.2 Å². The SMILES string of the molecule is CCCOc1ccc(C=NNC(=O)CSc2nnc(-c3ccncc3)n2-c2ccc(Cl)cc2)cc1. The Labute approximate surface area is 212 Å². The van der Waals surface area contributed by atoms with E-state index in [0.29, 0.717) is 22.6 Å². The van der Waals surface area contributed by atoms with Gasteiger partial charge in [-0.15, -0.1) is 10.2 Å². The summed E-state index contributed by atoms with van der Waals surface area (Å²) in [6.07, 6.45) is 5.93. The van der Waals surface area contributed by atoms with Crippen LogP contribution in [0.2, 0.25) is 5.02 Å². The molecule has 4 aromatic rings. The van der Waals surface area contributed by atoms with Crippen molar-refractivity contribution in [3.8, 4) is 22.8 Å². The van der Waals surface area contributed by atoms with Gasteiger partial charge in [0.05, 0.1) is 18.6 Å². The van der Waals surface area contributed by atoms with Gasteiger partial charge in [-0.1, -0.05) is 30.3 Å². The molecular formula is C25H23ClN6O2S. The fourth-order valence-electron chi connectivity index (χ4n) is 3.09. The van der Waals surface area contributed by atoms with E-state index in [0.717, 1.165) is 29.0 Å². The van der Waals surface area contributed by atoms with Crippen molar-refractivity contribution in [2.45, 2.75) is 18.5 Å². The van der Waals surface area contributed by atoms with Gasteiger partial charge in [0, 0.05) is 28.7 Å². The zero-order valence-corrected chi connectivity index (χ0v) is 20.5. The van der Waals surface area contributed by atoms with Gasteiger partial charge in [-0.3, -0.25) is 14.3 Å². The van der Waals surface area contributed by atoms with E-state index in [9.17, 15) is 4.79 Å². The normalized spacial score (nSPS) is 11.0. The van der Waals surface area contributed by atoms with Gasteiger partial charge >= 0.3 is 0 Å². The molecule has 10 heteroatoms. The summed E-state index contributed by atoms with van der Waals surface area (Å²) in [5.74, 6) is 1.30. The molecule has 0 saturated carbocycles. The van der Waals surface area contributed by atoms with Crippen LogP contribution in [0, 0.1) is 0 Å². The summed E-state index contributed by atoms with van der Waals surface area (Å²) in [6.45, 7) is 2.74. The highest BCUT2D eigenvalue weighted by Gasteiger charge is 2.17. The number of hydrazone groups is 1. The number of hydrogen-bond acceptors (Lipinski definition) is 7. The zero-order valence-electron chi connectivity index (χ0n) is 19.0. The third kappa shape index (κ3) is 6.68. The average molecular weight is 507 g/mol. The van der Waals surface area contributed by atoms with E-state index >= 15 is 0 Å². The van der Waals surface area contributed by atoms with Crippen molar-refractivity contribution in [2.24, 2.45) is 5.10 Å². The minimum absolute atomic E-state index is 0.114. The van der Waals surface area contributed by atoms with Crippen LogP contribution in [0.4, 0.5) is 0 Å². The van der Waals surface area contributed by atoms with E-state index in [2.05, 4.69) is 32.6 Å². The molecule has 1 N–H and O–H groups in total. The van der Waals surface area contributed by atoms with Gasteiger partial charge in [0.1, 0.15) is 5.75 Å². The lowest BCUT2D eigenvalue weighted by Crippen LogP contribution is -2.20. The fourth-order valence-corrected chi connectivity index (χ4v) is 3.96. The summed E-state index contributed by atoms with van der Waals surface area (Å²) >= 11 is 7.33. The van der Waals surface area contributed by atoms with E-state index in [4.69, 9.17) is 16.3 Å². The first kappa shape index (κ1) is 24.4. The van der Waals surface area contributed by atoms with E-state index in [-0.39, 0.29) is 11.7 Å². The van der Waals surface area contributed by atoms with Crippen LogP contribution in [0.15, 0.2) is 83.3 Å². The Balaban J connectivity index is 1.42. The smallest absolute Gasteiger partial charge is 0.250 e. The molecular weight excluding hydrogens is 484 g/mol. The van der Waals surface area contributed by atoms with Gasteiger partial charge in [-0.05, 0) is 72.6 Å². The fraction of sp³-hybridized carbons (Fsp3) is 0.160. The second-order valence-electron chi connectivity index (χ2n) is 7.35. The number of halogens is 1. The lowest BCUT2D eigenvalue weighted by atomic mass is 10.2. The largest absolute Gasteiger partial charge is 0.494 e. The lowest BCUT2D eigenvalue weighted by molar-refractivity contribution is -0.118. The molecule has 0 aliphatic carbocycles. The van der Waals surface area contributed by atoms with Crippen LogP contribution >= 0.6 is 23.4 Å². The molecule has 0 aliphatic heterocycles. The lowest BCUT2D eigenvalue weighted by Gasteiger charge is -2.10. The number of benzene rings is 2. The summed E-state index contributed by atoms with van der Waals surface area (Å²) in [4.78, 5) is 16.5. The van der Waals surface area contributed by atoms with Crippen molar-refractivity contribution < 1.29 is 9.53 Å². The van der Waals surface area contributed by atoms with Gasteiger partial charge in [0.2, 0.25) is 0 Å². The molecule has 0 saturated heterocycles. The molecule has 2 aromatic carbocycles. The number of aromatic nitrogens is 4. The van der Waals surface area contributed by atoms with Crippen molar-refractivity contribution in [1.29, 1.82) is 0 Å². The van der Waals surface area contributed by atoms with Crippen LogP contribution in [-0.4, -0.2) is 44.2 Å². The van der Waals surface area contributed by atoms with Crippen molar-refractivity contribution in [3.63, 3.8) is 0 Å². The number of thioether (sulfide) groups is 1. The van der Waals surface area contributed by atoms with Crippen LogP contribution in [-0.2, 0) is 4.79 Å². The number of pyridine rings is 1. The summed E-state index contributed by atoms with van der Waals surface area (Å²) in [5.41, 5.74) is 5.09. The predicted octanol–water partition coefficient (Wildman–Crippen LogP) is 5.01. The molecule has 0 unspecified atom stereocenters. The minimum atomic E-state index is -0.259. The molecule has 8 nitrogen and oxygen atoms in total. The second-order valence-corrected chi connectivity index (χ2v) is 8.73. The molecule has 1 amide bonds. The summed E-state index contributed by atoms with van der Waals surface area (Å²) in [7, 11) is 0. The number of ether oxygens (including phenoxy) is 1. The van der Waals surface area contributed by atoms with Crippen LogP contribution in [0.3, 0.4) is 0 Å². The van der Waals surface area contributed by atoms with Gasteiger partial charge in [-0.25, -0.2) is 5.43 Å². The number of nitrogens with one attached hydrogen (secondary N) is 1. The van der Waals surface area contributed by atoms with E-state index in [1.54, 1.807) is 30.7 Å². The number of carbonyl (C=O) groups excluding carboxylic acids is 1. The Morgan fingerprint density at radius 3 is 2.54 bits per heavy atom. The maximum absolute atomic E-state index is 12.4. The molecule has 0 bridgehead atoms. The van der Waals surface area contributed by atoms with E-state index < -0.39 is 0 Å². The second kappa shape index (κ2) is 12.1. The third-order valence-corrected chi connectivity index (χ3v) is 5.93. The van der Waals surface area contributed by atoms with Crippen molar-refractivity contribution in [3.05, 3.63) is 83.6 Å². The standard InChI is InChI=1S/C25H23ClN6O2S/c1-2-15-34-22-9-3-18(4-10-22)16-28-29-23(33)17-35-25-31-30-24(19-11-13-27-14-12-19)32(25)21-7-5-20(26)6-8-21/h3-14,16H,2,15,17H2,1H3,(H,29,33). The first-order chi connectivity index (χ1) is 17.1. The van der Waals surface area contributed by atoms with Gasteiger partial charge in [0.25, 0.3) is 5.91 Å². The molecule has 35 heavy (non-hydrogen) atoms. The van der Waals surface area contributed by atoms with E-state index in [1.807, 2.05) is 53.1 Å². The molecule has 178 valence electrons. The monoisotopic (exact) mass is 506 g/mol. The molecule has 0 atom stereocenters. The number of rotatable bonds is 10. The molecule has 0 spiro atoms.